The number of aromatic nitrogens is 1. The van der Waals surface area contributed by atoms with Gasteiger partial charge in [0.15, 0.2) is 5.13 Å². The molecule has 1 heterocycles. The largest absolute Gasteiger partial charge is 0.497 e. The molecule has 8 nitrogen and oxygen atoms in total. The van der Waals surface area contributed by atoms with Gasteiger partial charge in [-0.1, -0.05) is 24.3 Å². The summed E-state index contributed by atoms with van der Waals surface area (Å²) in [6.45, 7) is 1.77. The first kappa shape index (κ1) is 20.5. The van der Waals surface area contributed by atoms with Crippen molar-refractivity contribution in [3.63, 3.8) is 0 Å². The number of ether oxygens (including phenoxy) is 1. The lowest BCUT2D eigenvalue weighted by Gasteiger charge is -2.06. The number of hydrogen-bond acceptors (Lipinski definition) is 7. The monoisotopic (exact) mass is 415 g/mol. The Hall–Kier alpha value is -3.20. The Bertz CT molecular complexity index is 1030. The molecule has 2 aromatic carbocycles. The maximum absolute atomic E-state index is 12.3. The summed E-state index contributed by atoms with van der Waals surface area (Å²) in [5.41, 5.74) is 1.81. The van der Waals surface area contributed by atoms with Crippen molar-refractivity contribution in [3.05, 3.63) is 62.6 Å². The number of hydrogen-bond donors (Lipinski definition) is 1. The second-order valence-corrected chi connectivity index (χ2v) is 7.51. The van der Waals surface area contributed by atoms with Crippen molar-refractivity contribution in [2.75, 3.05) is 19.0 Å². The molecule has 1 aromatic heterocycles. The second-order valence-electron chi connectivity index (χ2n) is 6.43. The molecule has 1 N–H and O–H groups in total. The Kier molecular flexibility index (Phi) is 6.61. The van der Waals surface area contributed by atoms with Crippen LogP contribution < -0.4 is 10.1 Å². The Morgan fingerprint density at radius 3 is 2.72 bits per heavy atom. The number of anilines is 1. The number of benzene rings is 2. The van der Waals surface area contributed by atoms with E-state index in [4.69, 9.17) is 4.74 Å². The smallest absolute Gasteiger partial charge is 0.294 e. The van der Waals surface area contributed by atoms with Crippen LogP contribution in [0.1, 0.15) is 22.6 Å². The summed E-state index contributed by atoms with van der Waals surface area (Å²) in [6, 6.07) is 12.0. The minimum atomic E-state index is -0.817. The highest BCUT2D eigenvalue weighted by Gasteiger charge is 2.11. The fourth-order valence-electron chi connectivity index (χ4n) is 2.92. The highest BCUT2D eigenvalue weighted by molar-refractivity contribution is 7.15. The lowest BCUT2D eigenvalue weighted by molar-refractivity contribution is -0.757. The number of aryl methyl sites for hydroxylation is 2. The Morgan fingerprint density at radius 2 is 1.97 bits per heavy atom. The summed E-state index contributed by atoms with van der Waals surface area (Å²) in [7, 11) is 1.64. The molecule has 3 rings (SSSR count). The summed E-state index contributed by atoms with van der Waals surface area (Å²) in [5.74, 6) is 0.689. The molecule has 9 heteroatoms. The molecule has 0 saturated carbocycles. The summed E-state index contributed by atoms with van der Waals surface area (Å²) in [4.78, 5) is 32.0. The van der Waals surface area contributed by atoms with Gasteiger partial charge in [0, 0.05) is 17.7 Å². The van der Waals surface area contributed by atoms with Crippen LogP contribution >= 0.6 is 11.3 Å². The minimum Gasteiger partial charge on any atom is -0.497 e. The maximum Gasteiger partial charge on any atom is 0.294 e. The molecule has 0 radical (unpaired) electrons. The first-order valence-electron chi connectivity index (χ1n) is 9.05. The van der Waals surface area contributed by atoms with Gasteiger partial charge in [0.05, 0.1) is 12.8 Å². The van der Waals surface area contributed by atoms with Gasteiger partial charge in [-0.05, 0) is 41.8 Å². The fraction of sp³-hybridized carbons (Fsp3) is 0.300. The molecule has 0 fully saturated rings. The van der Waals surface area contributed by atoms with Crippen molar-refractivity contribution in [1.82, 2.24) is 4.98 Å². The highest BCUT2D eigenvalue weighted by Crippen LogP contribution is 2.24. The van der Waals surface area contributed by atoms with Crippen molar-refractivity contribution < 1.29 is 19.5 Å². The van der Waals surface area contributed by atoms with Crippen LogP contribution in [-0.2, 0) is 22.5 Å². The summed E-state index contributed by atoms with van der Waals surface area (Å²) in [5, 5.41) is 14.9. The Balaban J connectivity index is 1.54. The third kappa shape index (κ3) is 5.64. The fourth-order valence-corrected chi connectivity index (χ4v) is 3.88. The summed E-state index contributed by atoms with van der Waals surface area (Å²) < 4.78 is 5.24. The topological polar surface area (TPSA) is 104 Å². The normalized spacial score (nSPS) is 10.7. The van der Waals surface area contributed by atoms with E-state index in [0.717, 1.165) is 32.7 Å². The van der Waals surface area contributed by atoms with Crippen LogP contribution in [0.2, 0.25) is 0 Å². The van der Waals surface area contributed by atoms with Gasteiger partial charge in [0.25, 0.3) is 5.09 Å². The number of nitrogens with zero attached hydrogens (tertiary/aromatic N) is 2. The molecule has 152 valence electrons. The van der Waals surface area contributed by atoms with Gasteiger partial charge in [-0.2, -0.15) is 0 Å². The molecular weight excluding hydrogens is 394 g/mol. The van der Waals surface area contributed by atoms with E-state index in [2.05, 4.69) is 21.2 Å². The third-order valence-corrected chi connectivity index (χ3v) is 5.55. The molecule has 0 atom stereocenters. The average molecular weight is 415 g/mol. The molecule has 1 amide bonds. The van der Waals surface area contributed by atoms with Crippen LogP contribution in [0.25, 0.3) is 10.8 Å². The second kappa shape index (κ2) is 9.33. The standard InChI is InChI=1S/C20H21N3O5S/c1-13-18(9-10-28-23(25)26)29-20(21-13)22-19(24)8-4-14-3-5-16-12-17(27-2)7-6-15(16)11-14/h3,5-7,11-12H,4,8-10H2,1-2H3,(H,21,22,24). The number of thiazole rings is 1. The quantitative estimate of drug-likeness (QED) is 0.419. The van der Waals surface area contributed by atoms with Crippen LogP contribution in [0.5, 0.6) is 5.75 Å². The van der Waals surface area contributed by atoms with Crippen LogP contribution in [0.4, 0.5) is 5.13 Å². The number of amides is 1. The maximum atomic E-state index is 12.3. The van der Waals surface area contributed by atoms with Crippen LogP contribution in [0.15, 0.2) is 36.4 Å². The number of fused-ring (bicyclic) bond motifs is 1. The van der Waals surface area contributed by atoms with E-state index in [1.54, 1.807) is 14.0 Å². The molecular formula is C20H21N3O5S. The van der Waals surface area contributed by atoms with Gasteiger partial charge in [0.1, 0.15) is 12.4 Å². The molecule has 0 saturated heterocycles. The van der Waals surface area contributed by atoms with E-state index < -0.39 is 5.09 Å². The molecule has 0 unspecified atom stereocenters. The number of methoxy groups -OCH3 is 1. The zero-order valence-electron chi connectivity index (χ0n) is 16.1. The Labute approximate surface area is 171 Å². The lowest BCUT2D eigenvalue weighted by Crippen LogP contribution is -2.12. The summed E-state index contributed by atoms with van der Waals surface area (Å²) >= 11 is 1.31. The van der Waals surface area contributed by atoms with E-state index in [1.807, 2.05) is 30.3 Å². The number of rotatable bonds is 9. The molecule has 3 aromatic rings. The Morgan fingerprint density at radius 1 is 1.21 bits per heavy atom. The van der Waals surface area contributed by atoms with E-state index in [1.165, 1.54) is 11.3 Å². The zero-order valence-corrected chi connectivity index (χ0v) is 17.0. The molecule has 0 bridgehead atoms. The molecule has 0 aliphatic rings. The van der Waals surface area contributed by atoms with Gasteiger partial charge in [-0.25, -0.2) is 4.98 Å². The predicted octanol–water partition coefficient (Wildman–Crippen LogP) is 3.94. The van der Waals surface area contributed by atoms with E-state index in [9.17, 15) is 14.9 Å². The van der Waals surface area contributed by atoms with Crippen LogP contribution in [0.3, 0.4) is 0 Å². The highest BCUT2D eigenvalue weighted by atomic mass is 32.1. The number of carbonyl (C=O) groups excluding carboxylic acids is 1. The average Bonchev–Trinajstić information content (AvgIpc) is 3.04. The zero-order chi connectivity index (χ0) is 20.8. The van der Waals surface area contributed by atoms with Crippen LogP contribution in [-0.4, -0.2) is 29.7 Å². The number of nitrogens with one attached hydrogen (secondary N) is 1. The first-order chi connectivity index (χ1) is 13.9. The van der Waals surface area contributed by atoms with Crippen molar-refractivity contribution in [2.45, 2.75) is 26.2 Å². The molecule has 0 aliphatic heterocycles. The third-order valence-electron chi connectivity index (χ3n) is 4.42. The van der Waals surface area contributed by atoms with Crippen molar-refractivity contribution in [3.8, 4) is 5.75 Å². The van der Waals surface area contributed by atoms with E-state index >= 15 is 0 Å². The minimum absolute atomic E-state index is 0.0305. The van der Waals surface area contributed by atoms with Gasteiger partial charge in [-0.3, -0.25) is 4.79 Å². The first-order valence-corrected chi connectivity index (χ1v) is 9.86. The van der Waals surface area contributed by atoms with Gasteiger partial charge >= 0.3 is 0 Å². The molecule has 0 aliphatic carbocycles. The molecule has 0 spiro atoms. The van der Waals surface area contributed by atoms with Gasteiger partial charge < -0.3 is 14.9 Å². The molecule has 29 heavy (non-hydrogen) atoms. The van der Waals surface area contributed by atoms with Gasteiger partial charge in [-0.15, -0.1) is 21.5 Å². The van der Waals surface area contributed by atoms with Crippen molar-refractivity contribution in [1.29, 1.82) is 0 Å². The van der Waals surface area contributed by atoms with Crippen LogP contribution in [0, 0.1) is 17.0 Å². The summed E-state index contributed by atoms with van der Waals surface area (Å²) in [6.07, 6.45) is 1.32. The van der Waals surface area contributed by atoms with Crippen molar-refractivity contribution >= 4 is 33.1 Å². The van der Waals surface area contributed by atoms with E-state index in [-0.39, 0.29) is 12.5 Å². The lowest BCUT2D eigenvalue weighted by atomic mass is 10.0. The SMILES string of the molecule is COc1ccc2cc(CCC(=O)Nc3nc(C)c(CCO[N+](=O)[O-])s3)ccc2c1. The van der Waals surface area contributed by atoms with Crippen molar-refractivity contribution in [2.24, 2.45) is 0 Å². The number of carbonyl (C=O) groups is 1. The predicted molar refractivity (Wildman–Crippen MR) is 111 cm³/mol. The van der Waals surface area contributed by atoms with E-state index in [0.29, 0.717) is 24.4 Å². The van der Waals surface area contributed by atoms with Gasteiger partial charge in [0.2, 0.25) is 5.91 Å².